The molecule has 0 aliphatic carbocycles. The molecule has 0 saturated carbocycles. The molecule has 1 aliphatic heterocycles. The summed E-state index contributed by atoms with van der Waals surface area (Å²) in [4.78, 5) is 6.86. The Bertz CT molecular complexity index is 562. The number of benzene rings is 1. The molecule has 1 aromatic rings. The molecule has 2 N–H and O–H groups in total. The average Bonchev–Trinajstić information content (AvgIpc) is 3.11. The molecule has 1 atom stereocenters. The van der Waals surface area contributed by atoms with Gasteiger partial charge in [-0.15, -0.1) is 0 Å². The van der Waals surface area contributed by atoms with E-state index in [9.17, 15) is 0 Å². The zero-order chi connectivity index (χ0) is 18.1. The van der Waals surface area contributed by atoms with Gasteiger partial charge in [0, 0.05) is 26.2 Å². The molecule has 0 amide bonds. The van der Waals surface area contributed by atoms with Gasteiger partial charge >= 0.3 is 0 Å². The predicted octanol–water partition coefficient (Wildman–Crippen LogP) is 1.90. The highest BCUT2D eigenvalue weighted by molar-refractivity contribution is 5.79. The molecule has 6 nitrogen and oxygen atoms in total. The predicted molar refractivity (Wildman–Crippen MR) is 103 cm³/mol. The second-order valence-corrected chi connectivity index (χ2v) is 6.23. The summed E-state index contributed by atoms with van der Waals surface area (Å²) in [6.45, 7) is 6.28. The van der Waals surface area contributed by atoms with Crippen molar-refractivity contribution in [2.45, 2.75) is 32.2 Å². The van der Waals surface area contributed by atoms with Crippen LogP contribution >= 0.6 is 0 Å². The first-order chi connectivity index (χ1) is 12.2. The van der Waals surface area contributed by atoms with Gasteiger partial charge in [0.15, 0.2) is 5.96 Å². The van der Waals surface area contributed by atoms with Crippen molar-refractivity contribution in [2.24, 2.45) is 4.99 Å². The fourth-order valence-corrected chi connectivity index (χ4v) is 3.37. The maximum atomic E-state index is 5.43. The van der Waals surface area contributed by atoms with Crippen LogP contribution in [0.15, 0.2) is 23.2 Å². The van der Waals surface area contributed by atoms with E-state index >= 15 is 0 Å². The Morgan fingerprint density at radius 2 is 2.12 bits per heavy atom. The first-order valence-electron chi connectivity index (χ1n) is 9.11. The van der Waals surface area contributed by atoms with Crippen molar-refractivity contribution in [1.29, 1.82) is 0 Å². The summed E-state index contributed by atoms with van der Waals surface area (Å²) < 4.78 is 10.7. The quantitative estimate of drug-likeness (QED) is 0.555. The summed E-state index contributed by atoms with van der Waals surface area (Å²) >= 11 is 0. The Hall–Kier alpha value is -1.95. The van der Waals surface area contributed by atoms with E-state index in [2.05, 4.69) is 27.4 Å². The van der Waals surface area contributed by atoms with Crippen molar-refractivity contribution in [3.8, 4) is 11.5 Å². The van der Waals surface area contributed by atoms with Gasteiger partial charge in [-0.3, -0.25) is 9.89 Å². The lowest BCUT2D eigenvalue weighted by atomic mass is 10.1. The molecule has 1 aromatic carbocycles. The van der Waals surface area contributed by atoms with Crippen LogP contribution in [0.25, 0.3) is 0 Å². The van der Waals surface area contributed by atoms with Gasteiger partial charge in [0.2, 0.25) is 0 Å². The zero-order valence-electron chi connectivity index (χ0n) is 16.0. The highest BCUT2D eigenvalue weighted by Crippen LogP contribution is 2.24. The number of methoxy groups -OCH3 is 2. The Labute approximate surface area is 151 Å². The lowest BCUT2D eigenvalue weighted by Crippen LogP contribution is -2.45. The molecule has 0 bridgehead atoms. The van der Waals surface area contributed by atoms with Crippen LogP contribution in [0.1, 0.15) is 25.3 Å². The van der Waals surface area contributed by atoms with E-state index in [1.807, 2.05) is 25.2 Å². The van der Waals surface area contributed by atoms with E-state index < -0.39 is 0 Å². The van der Waals surface area contributed by atoms with Gasteiger partial charge in [-0.1, -0.05) is 6.92 Å². The summed E-state index contributed by atoms with van der Waals surface area (Å²) in [5.41, 5.74) is 1.12. The van der Waals surface area contributed by atoms with Gasteiger partial charge in [0.05, 0.1) is 14.2 Å². The van der Waals surface area contributed by atoms with E-state index in [4.69, 9.17) is 9.47 Å². The van der Waals surface area contributed by atoms with Crippen LogP contribution in [0.4, 0.5) is 0 Å². The second-order valence-electron chi connectivity index (χ2n) is 6.23. The number of rotatable bonds is 8. The monoisotopic (exact) mass is 348 g/mol. The third kappa shape index (κ3) is 5.53. The van der Waals surface area contributed by atoms with Crippen LogP contribution in [-0.4, -0.2) is 64.3 Å². The minimum absolute atomic E-state index is 0.613. The normalized spacial score (nSPS) is 18.2. The summed E-state index contributed by atoms with van der Waals surface area (Å²) in [7, 11) is 5.19. The van der Waals surface area contributed by atoms with Crippen molar-refractivity contribution in [2.75, 3.05) is 47.4 Å². The molecule has 1 aliphatic rings. The number of likely N-dealkylation sites (N-methyl/N-ethyl adjacent to an activating group) is 1. The number of nitrogens with zero attached hydrogens (tertiary/aromatic N) is 2. The fourth-order valence-electron chi connectivity index (χ4n) is 3.37. The molecule has 140 valence electrons. The van der Waals surface area contributed by atoms with Crippen LogP contribution in [0, 0.1) is 0 Å². The molecule has 1 heterocycles. The van der Waals surface area contributed by atoms with Crippen molar-refractivity contribution in [3.05, 3.63) is 23.8 Å². The maximum absolute atomic E-state index is 5.43. The van der Waals surface area contributed by atoms with E-state index in [1.54, 1.807) is 14.2 Å². The Balaban J connectivity index is 1.81. The van der Waals surface area contributed by atoms with E-state index in [0.717, 1.165) is 49.1 Å². The Morgan fingerprint density at radius 3 is 2.80 bits per heavy atom. The first-order valence-corrected chi connectivity index (χ1v) is 9.11. The number of aliphatic imine (C=N–C) groups is 1. The minimum Gasteiger partial charge on any atom is -0.497 e. The minimum atomic E-state index is 0.613. The third-order valence-corrected chi connectivity index (χ3v) is 4.81. The number of hydrogen-bond acceptors (Lipinski definition) is 4. The lowest BCUT2D eigenvalue weighted by Gasteiger charge is -2.24. The summed E-state index contributed by atoms with van der Waals surface area (Å²) in [6.07, 6.45) is 3.40. The molecule has 1 fully saturated rings. The molecule has 6 heteroatoms. The molecule has 25 heavy (non-hydrogen) atoms. The molecule has 1 saturated heterocycles. The van der Waals surface area contributed by atoms with Crippen LogP contribution in [-0.2, 0) is 6.42 Å². The molecule has 0 spiro atoms. The number of ether oxygens (including phenoxy) is 2. The molecule has 0 radical (unpaired) electrons. The van der Waals surface area contributed by atoms with E-state index in [0.29, 0.717) is 6.04 Å². The van der Waals surface area contributed by atoms with Gasteiger partial charge in [-0.05, 0) is 56.1 Å². The van der Waals surface area contributed by atoms with Crippen molar-refractivity contribution in [1.82, 2.24) is 15.5 Å². The van der Waals surface area contributed by atoms with Crippen LogP contribution in [0.3, 0.4) is 0 Å². The van der Waals surface area contributed by atoms with E-state index in [1.165, 1.54) is 19.4 Å². The van der Waals surface area contributed by atoms with Crippen molar-refractivity contribution in [3.63, 3.8) is 0 Å². The van der Waals surface area contributed by atoms with Crippen molar-refractivity contribution < 1.29 is 9.47 Å². The van der Waals surface area contributed by atoms with E-state index in [-0.39, 0.29) is 0 Å². The summed E-state index contributed by atoms with van der Waals surface area (Å²) in [6, 6.07) is 6.49. The summed E-state index contributed by atoms with van der Waals surface area (Å²) in [5, 5.41) is 6.84. The highest BCUT2D eigenvalue weighted by atomic mass is 16.5. The zero-order valence-corrected chi connectivity index (χ0v) is 16.0. The number of hydrogen-bond donors (Lipinski definition) is 2. The maximum Gasteiger partial charge on any atom is 0.191 e. The number of guanidine groups is 1. The van der Waals surface area contributed by atoms with Gasteiger partial charge in [0.25, 0.3) is 0 Å². The number of likely N-dealkylation sites (tertiary alicyclic amines) is 1. The SMILES string of the molecule is CCN1CCCC1CNC(=NC)NCCc1cc(OC)ccc1OC. The third-order valence-electron chi connectivity index (χ3n) is 4.81. The Morgan fingerprint density at radius 1 is 1.28 bits per heavy atom. The highest BCUT2D eigenvalue weighted by Gasteiger charge is 2.22. The lowest BCUT2D eigenvalue weighted by molar-refractivity contribution is 0.267. The molecular weight excluding hydrogens is 316 g/mol. The average molecular weight is 348 g/mol. The van der Waals surface area contributed by atoms with Gasteiger partial charge in [-0.25, -0.2) is 0 Å². The number of nitrogens with one attached hydrogen (secondary N) is 2. The standard InChI is InChI=1S/C19H32N4O2/c1-5-23-12-6-7-16(23)14-22-19(20-2)21-11-10-15-13-17(24-3)8-9-18(15)25-4/h8-9,13,16H,5-7,10-12,14H2,1-4H3,(H2,20,21,22). The van der Waals surface area contributed by atoms with Gasteiger partial charge in [-0.2, -0.15) is 0 Å². The van der Waals surface area contributed by atoms with Crippen molar-refractivity contribution >= 4 is 5.96 Å². The first kappa shape index (κ1) is 19.4. The van der Waals surface area contributed by atoms with Gasteiger partial charge < -0.3 is 20.1 Å². The fraction of sp³-hybridized carbons (Fsp3) is 0.632. The second kappa shape index (κ2) is 10.1. The largest absolute Gasteiger partial charge is 0.497 e. The van der Waals surface area contributed by atoms with Crippen LogP contribution < -0.4 is 20.1 Å². The molecule has 0 aromatic heterocycles. The molecule has 2 rings (SSSR count). The van der Waals surface area contributed by atoms with Crippen LogP contribution in [0.2, 0.25) is 0 Å². The summed E-state index contributed by atoms with van der Waals surface area (Å²) in [5.74, 6) is 2.58. The smallest absolute Gasteiger partial charge is 0.191 e. The Kier molecular flexibility index (Phi) is 7.85. The molecule has 1 unspecified atom stereocenters. The van der Waals surface area contributed by atoms with Crippen LogP contribution in [0.5, 0.6) is 11.5 Å². The van der Waals surface area contributed by atoms with Gasteiger partial charge in [0.1, 0.15) is 11.5 Å². The topological polar surface area (TPSA) is 58.1 Å². The molecular formula is C19H32N4O2.